The number of halogens is 2. The molecule has 1 unspecified atom stereocenters. The maximum absolute atomic E-state index is 13.5. The fourth-order valence-electron chi connectivity index (χ4n) is 4.61. The normalized spacial score (nSPS) is 20.2. The van der Waals surface area contributed by atoms with Gasteiger partial charge in [0.15, 0.2) is 23.0 Å². The number of benzene rings is 1. The van der Waals surface area contributed by atoms with Gasteiger partial charge in [-0.05, 0) is 69.6 Å². The number of urea groups is 1. The highest BCUT2D eigenvalue weighted by atomic mass is 19.3. The predicted octanol–water partition coefficient (Wildman–Crippen LogP) is 4.02. The second-order valence-electron chi connectivity index (χ2n) is 10.7. The molecule has 2 aliphatic carbocycles. The largest absolute Gasteiger partial charge is 0.489 e. The summed E-state index contributed by atoms with van der Waals surface area (Å²) in [5.74, 6) is 1.05. The van der Waals surface area contributed by atoms with Crippen LogP contribution in [0.15, 0.2) is 22.6 Å². The second kappa shape index (κ2) is 11.4. The minimum absolute atomic E-state index is 0.0855. The number of carbonyl (C=O) groups excluding carboxylic acids is 2. The van der Waals surface area contributed by atoms with Gasteiger partial charge < -0.3 is 34.7 Å². The van der Waals surface area contributed by atoms with Crippen molar-refractivity contribution in [3.05, 3.63) is 29.7 Å². The van der Waals surface area contributed by atoms with Gasteiger partial charge in [0, 0.05) is 37.8 Å². The van der Waals surface area contributed by atoms with Crippen LogP contribution in [0.2, 0.25) is 0 Å². The van der Waals surface area contributed by atoms with Crippen molar-refractivity contribution in [2.45, 2.75) is 58.2 Å². The van der Waals surface area contributed by atoms with Gasteiger partial charge in [-0.15, -0.1) is 0 Å². The van der Waals surface area contributed by atoms with Crippen LogP contribution in [0.1, 0.15) is 61.8 Å². The molecule has 3 aliphatic rings. The Morgan fingerprint density at radius 3 is 2.56 bits per heavy atom. The lowest BCUT2D eigenvalue weighted by molar-refractivity contribution is -0.0515. The van der Waals surface area contributed by atoms with Crippen molar-refractivity contribution in [3.63, 3.8) is 0 Å². The zero-order valence-corrected chi connectivity index (χ0v) is 22.2. The van der Waals surface area contributed by atoms with Gasteiger partial charge in [0.25, 0.3) is 5.91 Å². The van der Waals surface area contributed by atoms with E-state index >= 15 is 0 Å². The molecule has 0 spiro atoms. The van der Waals surface area contributed by atoms with Crippen molar-refractivity contribution < 1.29 is 32.3 Å². The molecule has 5 rings (SSSR count). The first-order valence-corrected chi connectivity index (χ1v) is 13.5. The maximum Gasteiger partial charge on any atom is 0.387 e. The summed E-state index contributed by atoms with van der Waals surface area (Å²) in [6, 6.07) is 3.50. The molecule has 0 radical (unpaired) electrons. The first-order valence-electron chi connectivity index (χ1n) is 13.5. The van der Waals surface area contributed by atoms with Crippen molar-refractivity contribution in [3.8, 4) is 23.0 Å². The molecule has 12 heteroatoms. The Bertz CT molecular complexity index is 1200. The first kappa shape index (κ1) is 27.2. The summed E-state index contributed by atoms with van der Waals surface area (Å²) < 4.78 is 42.2. The number of hydrogen-bond acceptors (Lipinski definition) is 7. The highest BCUT2D eigenvalue weighted by Crippen LogP contribution is 2.37. The molecule has 2 atom stereocenters. The van der Waals surface area contributed by atoms with E-state index in [1.54, 1.807) is 16.7 Å². The number of hydrogen-bond donors (Lipinski definition) is 2. The van der Waals surface area contributed by atoms with Gasteiger partial charge in [-0.1, -0.05) is 0 Å². The van der Waals surface area contributed by atoms with E-state index in [0.717, 1.165) is 25.7 Å². The summed E-state index contributed by atoms with van der Waals surface area (Å²) >= 11 is 0. The lowest BCUT2D eigenvalue weighted by Gasteiger charge is -2.39. The van der Waals surface area contributed by atoms with Crippen molar-refractivity contribution in [2.24, 2.45) is 17.6 Å². The van der Waals surface area contributed by atoms with E-state index in [9.17, 15) is 18.4 Å². The number of rotatable bonds is 10. The number of nitrogens with one attached hydrogen (secondary N) is 1. The molecule has 3 amide bonds. The molecule has 3 fully saturated rings. The van der Waals surface area contributed by atoms with Crippen LogP contribution < -0.4 is 20.5 Å². The van der Waals surface area contributed by atoms with Crippen LogP contribution in [0.5, 0.6) is 11.5 Å². The molecule has 3 N–H and O–H groups in total. The van der Waals surface area contributed by atoms with Crippen molar-refractivity contribution in [1.29, 1.82) is 0 Å². The van der Waals surface area contributed by atoms with E-state index in [0.29, 0.717) is 50.2 Å². The van der Waals surface area contributed by atoms with Crippen LogP contribution in [0.4, 0.5) is 13.6 Å². The number of piperazine rings is 1. The van der Waals surface area contributed by atoms with Gasteiger partial charge in [-0.3, -0.25) is 4.79 Å². The topological polar surface area (TPSA) is 123 Å². The van der Waals surface area contributed by atoms with E-state index in [2.05, 4.69) is 15.0 Å². The summed E-state index contributed by atoms with van der Waals surface area (Å²) in [7, 11) is 0. The summed E-state index contributed by atoms with van der Waals surface area (Å²) in [6.45, 7) is 2.77. The third-order valence-corrected chi connectivity index (χ3v) is 7.26. The molecule has 1 aromatic carbocycles. The quantitative estimate of drug-likeness (QED) is 0.461. The lowest BCUT2D eigenvalue weighted by atomic mass is 10.1. The highest BCUT2D eigenvalue weighted by molar-refractivity contribution is 5.94. The second-order valence-corrected chi connectivity index (χ2v) is 10.7. The number of nitrogens with two attached hydrogens (primary N) is 1. The summed E-state index contributed by atoms with van der Waals surface area (Å²) in [5.41, 5.74) is 6.66. The summed E-state index contributed by atoms with van der Waals surface area (Å²) in [5, 5.41) is 2.98. The summed E-state index contributed by atoms with van der Waals surface area (Å²) in [6.07, 6.45) is 4.38. The van der Waals surface area contributed by atoms with Crippen LogP contribution >= 0.6 is 0 Å². The average molecular weight is 548 g/mol. The van der Waals surface area contributed by atoms with Gasteiger partial charge >= 0.3 is 12.6 Å². The Kier molecular flexibility index (Phi) is 7.92. The maximum atomic E-state index is 13.5. The monoisotopic (exact) mass is 547 g/mol. The molecule has 212 valence electrons. The summed E-state index contributed by atoms with van der Waals surface area (Å²) in [4.78, 5) is 34.0. The van der Waals surface area contributed by atoms with Crippen molar-refractivity contribution in [1.82, 2.24) is 20.1 Å². The fourth-order valence-corrected chi connectivity index (χ4v) is 4.61. The van der Waals surface area contributed by atoms with E-state index in [4.69, 9.17) is 14.9 Å². The fraction of sp³-hybridized carbons (Fsp3) is 0.593. The molecular formula is C27H35F2N5O5. The number of aromatic nitrogens is 1. The smallest absolute Gasteiger partial charge is 0.387 e. The zero-order chi connectivity index (χ0) is 27.7. The Morgan fingerprint density at radius 1 is 1.18 bits per heavy atom. The minimum atomic E-state index is -3.00. The Morgan fingerprint density at radius 2 is 1.92 bits per heavy atom. The number of ether oxygens (including phenoxy) is 2. The van der Waals surface area contributed by atoms with E-state index in [-0.39, 0.29) is 46.8 Å². The predicted molar refractivity (Wildman–Crippen MR) is 138 cm³/mol. The van der Waals surface area contributed by atoms with Gasteiger partial charge in [-0.25, -0.2) is 9.78 Å². The SMILES string of the molecule is CC(N)c1oc(-c2ccc(OC(F)F)c(OCC3CC3)c2)nc1C(=O)N1CCN(C(=O)NCC2CC2)[C@H](C)C1. The molecule has 2 saturated carbocycles. The van der Waals surface area contributed by atoms with Crippen molar-refractivity contribution >= 4 is 11.9 Å². The molecule has 1 aromatic heterocycles. The molecule has 2 heterocycles. The van der Waals surface area contributed by atoms with Crippen LogP contribution in [0.3, 0.4) is 0 Å². The Balaban J connectivity index is 1.32. The van der Waals surface area contributed by atoms with E-state index < -0.39 is 12.7 Å². The highest BCUT2D eigenvalue weighted by Gasteiger charge is 2.34. The Hall–Kier alpha value is -3.41. The lowest BCUT2D eigenvalue weighted by Crippen LogP contribution is -2.57. The first-order chi connectivity index (χ1) is 18.7. The average Bonchev–Trinajstić information content (AvgIpc) is 3.84. The van der Waals surface area contributed by atoms with Crippen LogP contribution in [0, 0.1) is 11.8 Å². The number of alkyl halides is 2. The standard InChI is InChI=1S/C27H35F2N5O5/c1-15-13-33(9-10-34(15)27(36)31-12-17-3-4-17)25(35)22-23(16(2)30)39-24(32-22)19-7-8-20(38-26(28)29)21(11-19)37-14-18-5-6-18/h7-8,11,15-18,26H,3-6,9-10,12-14,30H2,1-2H3,(H,31,36)/t15-,16?/m1/s1. The molecule has 10 nitrogen and oxygen atoms in total. The van der Waals surface area contributed by atoms with Crippen LogP contribution in [-0.4, -0.2) is 72.2 Å². The van der Waals surface area contributed by atoms with Crippen LogP contribution in [-0.2, 0) is 0 Å². The van der Waals surface area contributed by atoms with Gasteiger partial charge in [0.1, 0.15) is 0 Å². The van der Waals surface area contributed by atoms with E-state index in [1.165, 1.54) is 18.2 Å². The van der Waals surface area contributed by atoms with E-state index in [1.807, 2.05) is 6.92 Å². The molecule has 1 aliphatic heterocycles. The number of oxazole rings is 1. The molecule has 39 heavy (non-hydrogen) atoms. The molecule has 2 aromatic rings. The van der Waals surface area contributed by atoms with Gasteiger partial charge in [0.05, 0.1) is 12.6 Å². The Labute approximate surface area is 225 Å². The molecule has 0 bridgehead atoms. The minimum Gasteiger partial charge on any atom is -0.489 e. The number of nitrogens with zero attached hydrogens (tertiary/aromatic N) is 3. The van der Waals surface area contributed by atoms with Gasteiger partial charge in [0.2, 0.25) is 5.89 Å². The number of amides is 3. The van der Waals surface area contributed by atoms with Crippen LogP contribution in [0.25, 0.3) is 11.5 Å². The molecule has 1 saturated heterocycles. The molecular weight excluding hydrogens is 512 g/mol. The van der Waals surface area contributed by atoms with Gasteiger partial charge in [-0.2, -0.15) is 8.78 Å². The third-order valence-electron chi connectivity index (χ3n) is 7.26. The third kappa shape index (κ3) is 6.60. The van der Waals surface area contributed by atoms with Crippen molar-refractivity contribution in [2.75, 3.05) is 32.8 Å². The number of carbonyl (C=O) groups is 2. The zero-order valence-electron chi connectivity index (χ0n) is 22.2.